The van der Waals surface area contributed by atoms with Crippen molar-refractivity contribution in [2.75, 3.05) is 25.6 Å². The second-order valence-corrected chi connectivity index (χ2v) is 5.51. The van der Waals surface area contributed by atoms with E-state index in [4.69, 9.17) is 4.74 Å². The summed E-state index contributed by atoms with van der Waals surface area (Å²) in [6.45, 7) is 5.42. The minimum atomic E-state index is -0.273. The van der Waals surface area contributed by atoms with E-state index >= 15 is 0 Å². The number of carbonyl (C=O) groups excluding carboxylic acids is 1. The number of hydrogen-bond donors (Lipinski definition) is 2. The van der Waals surface area contributed by atoms with Gasteiger partial charge in [0.05, 0.1) is 12.1 Å². The van der Waals surface area contributed by atoms with E-state index in [0.29, 0.717) is 12.2 Å². The molecular weight excluding hydrogens is 254 g/mol. The van der Waals surface area contributed by atoms with Crippen LogP contribution < -0.4 is 10.6 Å². The molecule has 2 N–H and O–H groups in total. The van der Waals surface area contributed by atoms with Gasteiger partial charge in [-0.25, -0.2) is 4.98 Å². The van der Waals surface area contributed by atoms with E-state index in [0.717, 1.165) is 37.4 Å². The molecular formula is C15H23N3O2. The maximum Gasteiger partial charge on any atom is 0.251 e. The molecule has 1 saturated heterocycles. The molecule has 20 heavy (non-hydrogen) atoms. The zero-order chi connectivity index (χ0) is 14.6. The highest BCUT2D eigenvalue weighted by molar-refractivity contribution is 5.95. The number of amides is 1. The number of aromatic nitrogens is 1. The summed E-state index contributed by atoms with van der Waals surface area (Å²) in [5.41, 5.74) is 1.28. The highest BCUT2D eigenvalue weighted by Gasteiger charge is 2.29. The van der Waals surface area contributed by atoms with Crippen LogP contribution in [-0.4, -0.2) is 36.7 Å². The second-order valence-electron chi connectivity index (χ2n) is 5.51. The summed E-state index contributed by atoms with van der Waals surface area (Å²) in [5, 5.41) is 6.09. The van der Waals surface area contributed by atoms with Gasteiger partial charge >= 0.3 is 0 Å². The molecule has 1 fully saturated rings. The minimum Gasteiger partial charge on any atom is -0.379 e. The molecule has 0 radical (unpaired) electrons. The Bertz CT molecular complexity index is 460. The SMILES string of the molecule is CCc1cc(C(=O)NC2(C)CCCOC2)cc(NC)n1. The summed E-state index contributed by atoms with van der Waals surface area (Å²) >= 11 is 0. The summed E-state index contributed by atoms with van der Waals surface area (Å²) in [6.07, 6.45) is 2.73. The zero-order valence-corrected chi connectivity index (χ0v) is 12.5. The lowest BCUT2D eigenvalue weighted by Crippen LogP contribution is -2.51. The van der Waals surface area contributed by atoms with Gasteiger partial charge in [-0.05, 0) is 38.3 Å². The molecule has 5 nitrogen and oxygen atoms in total. The van der Waals surface area contributed by atoms with E-state index in [-0.39, 0.29) is 11.4 Å². The Kier molecular flexibility index (Phi) is 4.60. The standard InChI is InChI=1S/C15H23N3O2/c1-4-12-8-11(9-13(16-3)17-12)14(19)18-15(2)6-5-7-20-10-15/h8-9H,4-7,10H2,1-3H3,(H,16,17)(H,18,19). The van der Waals surface area contributed by atoms with Crippen molar-refractivity contribution in [1.82, 2.24) is 10.3 Å². The Morgan fingerprint density at radius 1 is 1.50 bits per heavy atom. The van der Waals surface area contributed by atoms with Crippen molar-refractivity contribution in [2.24, 2.45) is 0 Å². The number of nitrogens with one attached hydrogen (secondary N) is 2. The molecule has 5 heteroatoms. The molecule has 1 aliphatic heterocycles. The first-order chi connectivity index (χ1) is 9.56. The third-order valence-electron chi connectivity index (χ3n) is 3.61. The molecule has 1 aliphatic rings. The molecule has 0 spiro atoms. The van der Waals surface area contributed by atoms with Gasteiger partial charge < -0.3 is 15.4 Å². The molecule has 1 aromatic heterocycles. The molecule has 110 valence electrons. The lowest BCUT2D eigenvalue weighted by atomic mass is 9.94. The van der Waals surface area contributed by atoms with E-state index in [2.05, 4.69) is 15.6 Å². The van der Waals surface area contributed by atoms with Gasteiger partial charge in [0, 0.05) is 24.9 Å². The smallest absolute Gasteiger partial charge is 0.251 e. The highest BCUT2D eigenvalue weighted by atomic mass is 16.5. The van der Waals surface area contributed by atoms with Gasteiger partial charge in [-0.3, -0.25) is 4.79 Å². The first-order valence-electron chi connectivity index (χ1n) is 7.15. The number of anilines is 1. The monoisotopic (exact) mass is 277 g/mol. The van der Waals surface area contributed by atoms with E-state index in [1.54, 1.807) is 13.1 Å². The number of hydrogen-bond acceptors (Lipinski definition) is 4. The van der Waals surface area contributed by atoms with Gasteiger partial charge in [-0.1, -0.05) is 6.92 Å². The lowest BCUT2D eigenvalue weighted by Gasteiger charge is -2.34. The molecule has 0 aromatic carbocycles. The highest BCUT2D eigenvalue weighted by Crippen LogP contribution is 2.19. The Balaban J connectivity index is 2.15. The number of nitrogens with zero attached hydrogens (tertiary/aromatic N) is 1. The van der Waals surface area contributed by atoms with Crippen LogP contribution in [0.25, 0.3) is 0 Å². The molecule has 2 rings (SSSR count). The first kappa shape index (κ1) is 14.8. The summed E-state index contributed by atoms with van der Waals surface area (Å²) in [7, 11) is 1.81. The molecule has 1 atom stereocenters. The van der Waals surface area contributed by atoms with E-state index < -0.39 is 0 Å². The van der Waals surface area contributed by atoms with Crippen LogP contribution in [0.1, 0.15) is 42.7 Å². The fraction of sp³-hybridized carbons (Fsp3) is 0.600. The van der Waals surface area contributed by atoms with Crippen molar-refractivity contribution in [2.45, 2.75) is 38.6 Å². The van der Waals surface area contributed by atoms with Crippen molar-refractivity contribution in [3.63, 3.8) is 0 Å². The fourth-order valence-corrected chi connectivity index (χ4v) is 2.41. The van der Waals surface area contributed by atoms with Crippen molar-refractivity contribution < 1.29 is 9.53 Å². The molecule has 1 aromatic rings. The number of rotatable bonds is 4. The summed E-state index contributed by atoms with van der Waals surface area (Å²) in [6, 6.07) is 3.63. The van der Waals surface area contributed by atoms with Gasteiger partial charge in [0.15, 0.2) is 0 Å². The van der Waals surface area contributed by atoms with Crippen LogP contribution in [0.3, 0.4) is 0 Å². The third kappa shape index (κ3) is 3.48. The molecule has 0 aliphatic carbocycles. The van der Waals surface area contributed by atoms with Gasteiger partial charge in [-0.2, -0.15) is 0 Å². The third-order valence-corrected chi connectivity index (χ3v) is 3.61. The Labute approximate surface area is 120 Å². The first-order valence-corrected chi connectivity index (χ1v) is 7.15. The number of carbonyl (C=O) groups is 1. The number of aryl methyl sites for hydroxylation is 1. The quantitative estimate of drug-likeness (QED) is 0.883. The van der Waals surface area contributed by atoms with Crippen molar-refractivity contribution in [3.05, 3.63) is 23.4 Å². The van der Waals surface area contributed by atoms with Crippen LogP contribution in [0, 0.1) is 0 Å². The average Bonchev–Trinajstić information content (AvgIpc) is 2.46. The minimum absolute atomic E-state index is 0.0633. The van der Waals surface area contributed by atoms with Crippen LogP contribution in [0.2, 0.25) is 0 Å². The molecule has 1 unspecified atom stereocenters. The van der Waals surface area contributed by atoms with E-state index in [1.807, 2.05) is 19.9 Å². The average molecular weight is 277 g/mol. The summed E-state index contributed by atoms with van der Waals surface area (Å²) in [4.78, 5) is 16.8. The zero-order valence-electron chi connectivity index (χ0n) is 12.5. The van der Waals surface area contributed by atoms with Crippen LogP contribution in [-0.2, 0) is 11.2 Å². The molecule has 2 heterocycles. The largest absolute Gasteiger partial charge is 0.379 e. The van der Waals surface area contributed by atoms with Crippen LogP contribution in [0.15, 0.2) is 12.1 Å². The molecule has 0 bridgehead atoms. The van der Waals surface area contributed by atoms with Crippen molar-refractivity contribution >= 4 is 11.7 Å². The normalized spacial score (nSPS) is 22.4. The Morgan fingerprint density at radius 3 is 2.90 bits per heavy atom. The van der Waals surface area contributed by atoms with Crippen molar-refractivity contribution in [3.8, 4) is 0 Å². The maximum absolute atomic E-state index is 12.4. The van der Waals surface area contributed by atoms with Crippen molar-refractivity contribution in [1.29, 1.82) is 0 Å². The molecule has 0 saturated carbocycles. The summed E-state index contributed by atoms with van der Waals surface area (Å²) < 4.78 is 5.47. The van der Waals surface area contributed by atoms with Gasteiger partial charge in [0.25, 0.3) is 5.91 Å². The van der Waals surface area contributed by atoms with Crippen LogP contribution >= 0.6 is 0 Å². The van der Waals surface area contributed by atoms with E-state index in [9.17, 15) is 4.79 Å². The van der Waals surface area contributed by atoms with Crippen LogP contribution in [0.5, 0.6) is 0 Å². The Hall–Kier alpha value is -1.62. The molecule has 1 amide bonds. The summed E-state index contributed by atoms with van der Waals surface area (Å²) in [5.74, 6) is 0.658. The number of ether oxygens (including phenoxy) is 1. The predicted octanol–water partition coefficient (Wildman–Crippen LogP) is 1.98. The van der Waals surface area contributed by atoms with Crippen LogP contribution in [0.4, 0.5) is 5.82 Å². The van der Waals surface area contributed by atoms with E-state index in [1.165, 1.54) is 0 Å². The van der Waals surface area contributed by atoms with Gasteiger partial charge in [-0.15, -0.1) is 0 Å². The fourth-order valence-electron chi connectivity index (χ4n) is 2.41. The maximum atomic E-state index is 12.4. The van der Waals surface area contributed by atoms with Gasteiger partial charge in [0.2, 0.25) is 0 Å². The second kappa shape index (κ2) is 6.22. The predicted molar refractivity (Wildman–Crippen MR) is 79.1 cm³/mol. The topological polar surface area (TPSA) is 63.2 Å². The van der Waals surface area contributed by atoms with Gasteiger partial charge in [0.1, 0.15) is 5.82 Å². The Morgan fingerprint density at radius 2 is 2.30 bits per heavy atom. The number of pyridine rings is 1. The lowest BCUT2D eigenvalue weighted by molar-refractivity contribution is 0.0272.